The normalized spacial score (nSPS) is 17.9. The van der Waals surface area contributed by atoms with Gasteiger partial charge >= 0.3 is 0 Å². The molecule has 0 radical (unpaired) electrons. The first kappa shape index (κ1) is 15.0. The zero-order valence-electron chi connectivity index (χ0n) is 12.4. The molecule has 1 amide bonds. The van der Waals surface area contributed by atoms with Gasteiger partial charge in [-0.2, -0.15) is 5.10 Å². The highest BCUT2D eigenvalue weighted by Crippen LogP contribution is 2.32. The highest BCUT2D eigenvalue weighted by atomic mass is 35.5. The van der Waals surface area contributed by atoms with E-state index in [1.165, 1.54) is 0 Å². The lowest BCUT2D eigenvalue weighted by molar-refractivity contribution is 0.0726. The molecule has 1 fully saturated rings. The minimum absolute atomic E-state index is 0.0476. The molecule has 0 spiro atoms. The molecule has 1 saturated heterocycles. The Hall–Kier alpha value is -1.95. The van der Waals surface area contributed by atoms with Gasteiger partial charge in [-0.15, -0.1) is 0 Å². The van der Waals surface area contributed by atoms with Crippen LogP contribution < -0.4 is 0 Å². The molecule has 1 aliphatic heterocycles. The van der Waals surface area contributed by atoms with E-state index in [4.69, 9.17) is 11.6 Å². The first-order chi connectivity index (χ1) is 10.7. The minimum Gasteiger partial charge on any atom is -0.329 e. The van der Waals surface area contributed by atoms with Crippen LogP contribution in [0.2, 0.25) is 5.02 Å². The number of hydrogen-bond donors (Lipinski definition) is 0. The fourth-order valence-electron chi connectivity index (χ4n) is 2.82. The monoisotopic (exact) mass is 319 g/mol. The molecule has 0 N–H and O–H groups in total. The second kappa shape index (κ2) is 6.44. The SMILES string of the molecule is CCCn1cc(Cl)c(C(=O)N2CCC[C@@H]2c2cnccn2)n1. The molecule has 3 heterocycles. The van der Waals surface area contributed by atoms with Gasteiger partial charge in [0.15, 0.2) is 5.69 Å². The van der Waals surface area contributed by atoms with E-state index in [0.717, 1.165) is 31.5 Å². The number of aromatic nitrogens is 4. The third-order valence-corrected chi connectivity index (χ3v) is 4.09. The van der Waals surface area contributed by atoms with Crippen LogP contribution in [0.3, 0.4) is 0 Å². The Morgan fingerprint density at radius 3 is 3.05 bits per heavy atom. The van der Waals surface area contributed by atoms with Crippen molar-refractivity contribution in [3.8, 4) is 0 Å². The number of aryl methyl sites for hydroxylation is 1. The van der Waals surface area contributed by atoms with Crippen LogP contribution in [0.25, 0.3) is 0 Å². The van der Waals surface area contributed by atoms with Gasteiger partial charge in [-0.1, -0.05) is 18.5 Å². The van der Waals surface area contributed by atoms with Crippen molar-refractivity contribution in [1.82, 2.24) is 24.6 Å². The predicted octanol–water partition coefficient (Wildman–Crippen LogP) is 2.71. The van der Waals surface area contributed by atoms with E-state index in [9.17, 15) is 4.79 Å². The Balaban J connectivity index is 1.85. The summed E-state index contributed by atoms with van der Waals surface area (Å²) in [5.74, 6) is -0.131. The summed E-state index contributed by atoms with van der Waals surface area (Å²) < 4.78 is 1.73. The van der Waals surface area contributed by atoms with Crippen molar-refractivity contribution >= 4 is 17.5 Å². The summed E-state index contributed by atoms with van der Waals surface area (Å²) in [6.07, 6.45) is 9.49. The molecule has 1 aliphatic rings. The summed E-state index contributed by atoms with van der Waals surface area (Å²) >= 11 is 6.19. The molecular formula is C15H18ClN5O. The average Bonchev–Trinajstić information content (AvgIpc) is 3.15. The van der Waals surface area contributed by atoms with E-state index >= 15 is 0 Å². The fraction of sp³-hybridized carbons (Fsp3) is 0.467. The zero-order chi connectivity index (χ0) is 15.5. The molecule has 0 unspecified atom stereocenters. The van der Waals surface area contributed by atoms with Crippen LogP contribution in [0.1, 0.15) is 48.4 Å². The molecule has 2 aromatic rings. The van der Waals surface area contributed by atoms with Gasteiger partial charge in [-0.05, 0) is 19.3 Å². The number of rotatable bonds is 4. The summed E-state index contributed by atoms with van der Waals surface area (Å²) in [4.78, 5) is 23.0. The van der Waals surface area contributed by atoms with Gasteiger partial charge in [-0.25, -0.2) is 0 Å². The van der Waals surface area contributed by atoms with E-state index in [-0.39, 0.29) is 11.9 Å². The lowest BCUT2D eigenvalue weighted by Gasteiger charge is -2.23. The molecule has 6 nitrogen and oxygen atoms in total. The van der Waals surface area contributed by atoms with Crippen LogP contribution >= 0.6 is 11.6 Å². The number of carbonyl (C=O) groups excluding carboxylic acids is 1. The van der Waals surface area contributed by atoms with Gasteiger partial charge in [0, 0.05) is 31.7 Å². The molecule has 22 heavy (non-hydrogen) atoms. The maximum atomic E-state index is 12.8. The van der Waals surface area contributed by atoms with Crippen molar-refractivity contribution in [3.05, 3.63) is 41.2 Å². The summed E-state index contributed by atoms with van der Waals surface area (Å²) in [5, 5.41) is 4.74. The Morgan fingerprint density at radius 1 is 1.45 bits per heavy atom. The molecule has 0 saturated carbocycles. The third-order valence-electron chi connectivity index (χ3n) is 3.81. The van der Waals surface area contributed by atoms with Crippen molar-refractivity contribution < 1.29 is 4.79 Å². The lowest BCUT2D eigenvalue weighted by Crippen LogP contribution is -2.31. The summed E-state index contributed by atoms with van der Waals surface area (Å²) in [7, 11) is 0. The van der Waals surface area contributed by atoms with Crippen molar-refractivity contribution in [1.29, 1.82) is 0 Å². The number of carbonyl (C=O) groups is 1. The fourth-order valence-corrected chi connectivity index (χ4v) is 3.05. The third kappa shape index (κ3) is 2.83. The Bertz CT molecular complexity index is 657. The second-order valence-corrected chi connectivity index (χ2v) is 5.78. The second-order valence-electron chi connectivity index (χ2n) is 5.38. The highest BCUT2D eigenvalue weighted by Gasteiger charge is 2.33. The van der Waals surface area contributed by atoms with E-state index in [1.54, 1.807) is 34.4 Å². The van der Waals surface area contributed by atoms with Crippen molar-refractivity contribution in [2.75, 3.05) is 6.54 Å². The smallest absolute Gasteiger partial charge is 0.276 e. The molecular weight excluding hydrogens is 302 g/mol. The van der Waals surface area contributed by atoms with Gasteiger partial charge in [0.1, 0.15) is 0 Å². The number of nitrogens with zero attached hydrogens (tertiary/aromatic N) is 5. The molecule has 3 rings (SSSR count). The Kier molecular flexibility index (Phi) is 4.38. The molecule has 0 aliphatic carbocycles. The van der Waals surface area contributed by atoms with Gasteiger partial charge in [0.2, 0.25) is 0 Å². The van der Waals surface area contributed by atoms with Crippen molar-refractivity contribution in [3.63, 3.8) is 0 Å². The van der Waals surface area contributed by atoms with Crippen molar-refractivity contribution in [2.45, 2.75) is 38.8 Å². The molecule has 0 aromatic carbocycles. The van der Waals surface area contributed by atoms with Gasteiger partial charge in [0.05, 0.1) is 23.0 Å². The number of amides is 1. The maximum Gasteiger partial charge on any atom is 0.276 e. The highest BCUT2D eigenvalue weighted by molar-refractivity contribution is 6.33. The Labute approximate surface area is 134 Å². The van der Waals surface area contributed by atoms with E-state index < -0.39 is 0 Å². The van der Waals surface area contributed by atoms with Crippen LogP contribution in [0.15, 0.2) is 24.8 Å². The van der Waals surface area contributed by atoms with Gasteiger partial charge in [0.25, 0.3) is 5.91 Å². The predicted molar refractivity (Wildman–Crippen MR) is 82.6 cm³/mol. The summed E-state index contributed by atoms with van der Waals surface area (Å²) in [5.41, 5.74) is 1.14. The molecule has 7 heteroatoms. The standard InChI is InChI=1S/C15H18ClN5O/c1-2-7-20-10-11(16)14(19-20)15(22)21-8-3-4-13(21)12-9-17-5-6-18-12/h5-6,9-10,13H,2-4,7-8H2,1H3/t13-/m1/s1. The Morgan fingerprint density at radius 2 is 2.32 bits per heavy atom. The topological polar surface area (TPSA) is 63.9 Å². The molecule has 2 aromatic heterocycles. The van der Waals surface area contributed by atoms with Crippen molar-refractivity contribution in [2.24, 2.45) is 0 Å². The van der Waals surface area contributed by atoms with Crippen LogP contribution in [0.5, 0.6) is 0 Å². The van der Waals surface area contributed by atoms with Crippen LogP contribution in [0.4, 0.5) is 0 Å². The molecule has 116 valence electrons. The number of likely N-dealkylation sites (tertiary alicyclic amines) is 1. The minimum atomic E-state index is -0.131. The van der Waals surface area contributed by atoms with Crippen LogP contribution in [0, 0.1) is 0 Å². The van der Waals surface area contributed by atoms with Gasteiger partial charge < -0.3 is 4.90 Å². The van der Waals surface area contributed by atoms with Crippen LogP contribution in [-0.2, 0) is 6.54 Å². The number of halogens is 1. The lowest BCUT2D eigenvalue weighted by atomic mass is 10.1. The molecule has 0 bridgehead atoms. The van der Waals surface area contributed by atoms with E-state index in [1.807, 2.05) is 0 Å². The van der Waals surface area contributed by atoms with Crippen LogP contribution in [-0.4, -0.2) is 37.1 Å². The first-order valence-electron chi connectivity index (χ1n) is 7.50. The van der Waals surface area contributed by atoms with E-state index in [0.29, 0.717) is 17.3 Å². The average molecular weight is 320 g/mol. The summed E-state index contributed by atoms with van der Waals surface area (Å²) in [6, 6.07) is -0.0476. The largest absolute Gasteiger partial charge is 0.329 e. The quantitative estimate of drug-likeness (QED) is 0.869. The maximum absolute atomic E-state index is 12.8. The zero-order valence-corrected chi connectivity index (χ0v) is 13.2. The van der Waals surface area contributed by atoms with E-state index in [2.05, 4.69) is 22.0 Å². The first-order valence-corrected chi connectivity index (χ1v) is 7.88. The number of hydrogen-bond acceptors (Lipinski definition) is 4. The van der Waals surface area contributed by atoms with Gasteiger partial charge in [-0.3, -0.25) is 19.4 Å². The molecule has 1 atom stereocenters. The summed E-state index contributed by atoms with van der Waals surface area (Å²) in [6.45, 7) is 3.50.